The van der Waals surface area contributed by atoms with Crippen LogP contribution in [0.5, 0.6) is 0 Å². The van der Waals surface area contributed by atoms with E-state index in [0.29, 0.717) is 18.9 Å². The molecule has 0 aliphatic carbocycles. The second kappa shape index (κ2) is 7.78. The largest absolute Gasteiger partial charge is 0.468 e. The molecule has 21 heavy (non-hydrogen) atoms. The van der Waals surface area contributed by atoms with E-state index in [0.717, 1.165) is 25.1 Å². The molecule has 1 atom stereocenters. The van der Waals surface area contributed by atoms with Crippen molar-refractivity contribution in [2.45, 2.75) is 19.4 Å². The second-order valence-corrected chi connectivity index (χ2v) is 5.37. The zero-order chi connectivity index (χ0) is 15.1. The van der Waals surface area contributed by atoms with E-state index in [2.05, 4.69) is 5.32 Å². The summed E-state index contributed by atoms with van der Waals surface area (Å²) < 4.78 is 4.69. The number of benzene rings is 1. The van der Waals surface area contributed by atoms with Gasteiger partial charge in [-0.25, -0.2) is 0 Å². The van der Waals surface area contributed by atoms with Crippen molar-refractivity contribution in [3.05, 3.63) is 35.9 Å². The molecule has 1 fully saturated rings. The topological polar surface area (TPSA) is 58.6 Å². The quantitative estimate of drug-likeness (QED) is 0.800. The van der Waals surface area contributed by atoms with Crippen LogP contribution < -0.4 is 5.32 Å². The highest BCUT2D eigenvalue weighted by atomic mass is 16.5. The molecule has 0 bridgehead atoms. The molecule has 1 N–H and O–H groups in total. The van der Waals surface area contributed by atoms with Gasteiger partial charge >= 0.3 is 5.97 Å². The zero-order valence-electron chi connectivity index (χ0n) is 12.4. The predicted octanol–water partition coefficient (Wildman–Crippen LogP) is 1.19. The zero-order valence-corrected chi connectivity index (χ0v) is 12.4. The molecule has 0 spiro atoms. The van der Waals surface area contributed by atoms with Crippen molar-refractivity contribution in [2.75, 3.05) is 26.7 Å². The minimum absolute atomic E-state index is 0.00434. The molecule has 1 aromatic carbocycles. The Bertz CT molecular complexity index is 470. The van der Waals surface area contributed by atoms with Crippen LogP contribution in [-0.4, -0.2) is 43.5 Å². The molecule has 0 radical (unpaired) electrons. The standard InChI is InChI=1S/C16H22N2O3/c1-21-16(20)12-18(11-13-5-3-2-4-6-13)15(19)9-14-7-8-17-10-14/h2-6,14,17H,7-12H2,1H3. The van der Waals surface area contributed by atoms with Crippen LogP contribution in [0.3, 0.4) is 0 Å². The van der Waals surface area contributed by atoms with Gasteiger partial charge in [0.25, 0.3) is 0 Å². The van der Waals surface area contributed by atoms with Crippen molar-refractivity contribution >= 4 is 11.9 Å². The van der Waals surface area contributed by atoms with Crippen molar-refractivity contribution in [1.29, 1.82) is 0 Å². The summed E-state index contributed by atoms with van der Waals surface area (Å²) in [5.74, 6) is -0.00444. The number of hydrogen-bond donors (Lipinski definition) is 1. The number of hydrogen-bond acceptors (Lipinski definition) is 4. The van der Waals surface area contributed by atoms with E-state index in [9.17, 15) is 9.59 Å². The molecule has 2 rings (SSSR count). The molecule has 1 amide bonds. The van der Waals surface area contributed by atoms with Crippen molar-refractivity contribution in [3.63, 3.8) is 0 Å². The van der Waals surface area contributed by atoms with E-state index in [1.165, 1.54) is 7.11 Å². The van der Waals surface area contributed by atoms with Gasteiger partial charge in [0.1, 0.15) is 6.54 Å². The van der Waals surface area contributed by atoms with Crippen molar-refractivity contribution in [2.24, 2.45) is 5.92 Å². The summed E-state index contributed by atoms with van der Waals surface area (Å²) >= 11 is 0. The van der Waals surface area contributed by atoms with Gasteiger partial charge in [-0.2, -0.15) is 0 Å². The Hall–Kier alpha value is -1.88. The Balaban J connectivity index is 1.99. The lowest BCUT2D eigenvalue weighted by Gasteiger charge is -2.23. The summed E-state index contributed by atoms with van der Waals surface area (Å²) in [7, 11) is 1.34. The Kier molecular flexibility index (Phi) is 5.75. The minimum Gasteiger partial charge on any atom is -0.468 e. The second-order valence-electron chi connectivity index (χ2n) is 5.37. The maximum atomic E-state index is 12.4. The minimum atomic E-state index is -0.385. The first-order valence-corrected chi connectivity index (χ1v) is 7.28. The van der Waals surface area contributed by atoms with Crippen LogP contribution in [0.4, 0.5) is 0 Å². The van der Waals surface area contributed by atoms with Gasteiger partial charge in [-0.1, -0.05) is 30.3 Å². The van der Waals surface area contributed by atoms with Gasteiger partial charge in [-0.3, -0.25) is 9.59 Å². The summed E-state index contributed by atoms with van der Waals surface area (Å²) in [4.78, 5) is 25.6. The van der Waals surface area contributed by atoms with Crippen LogP contribution in [0.2, 0.25) is 0 Å². The summed E-state index contributed by atoms with van der Waals surface area (Å²) in [6, 6.07) is 9.69. The van der Waals surface area contributed by atoms with E-state index >= 15 is 0 Å². The molecule has 114 valence electrons. The number of esters is 1. The molecule has 1 aromatic rings. The van der Waals surface area contributed by atoms with Crippen LogP contribution in [0.1, 0.15) is 18.4 Å². The number of amides is 1. The third-order valence-corrected chi connectivity index (χ3v) is 3.74. The fraction of sp³-hybridized carbons (Fsp3) is 0.500. The smallest absolute Gasteiger partial charge is 0.325 e. The average molecular weight is 290 g/mol. The SMILES string of the molecule is COC(=O)CN(Cc1ccccc1)C(=O)CC1CCNC1. The average Bonchev–Trinajstić information content (AvgIpc) is 3.00. The van der Waals surface area contributed by atoms with E-state index in [4.69, 9.17) is 4.74 Å². The number of carbonyl (C=O) groups is 2. The van der Waals surface area contributed by atoms with E-state index < -0.39 is 0 Å². The maximum absolute atomic E-state index is 12.4. The van der Waals surface area contributed by atoms with Crippen LogP contribution in [0.15, 0.2) is 30.3 Å². The molecule has 1 unspecified atom stereocenters. The number of nitrogens with zero attached hydrogens (tertiary/aromatic N) is 1. The molecule has 1 aliphatic heterocycles. The summed E-state index contributed by atoms with van der Waals surface area (Å²) in [6.07, 6.45) is 1.50. The highest BCUT2D eigenvalue weighted by Gasteiger charge is 2.23. The van der Waals surface area contributed by atoms with Crippen LogP contribution >= 0.6 is 0 Å². The fourth-order valence-corrected chi connectivity index (χ4v) is 2.52. The van der Waals surface area contributed by atoms with Gasteiger partial charge < -0.3 is 15.0 Å². The Morgan fingerprint density at radius 3 is 2.71 bits per heavy atom. The van der Waals surface area contributed by atoms with E-state index in [1.807, 2.05) is 30.3 Å². The lowest BCUT2D eigenvalue weighted by atomic mass is 10.0. The summed E-state index contributed by atoms with van der Waals surface area (Å²) in [5.41, 5.74) is 1.01. The van der Waals surface area contributed by atoms with Gasteiger partial charge in [0.05, 0.1) is 7.11 Å². The molecule has 5 heteroatoms. The summed E-state index contributed by atoms with van der Waals surface area (Å²) in [6.45, 7) is 2.29. The predicted molar refractivity (Wildman–Crippen MR) is 79.5 cm³/mol. The first-order valence-electron chi connectivity index (χ1n) is 7.28. The van der Waals surface area contributed by atoms with E-state index in [1.54, 1.807) is 4.90 Å². The number of nitrogens with one attached hydrogen (secondary N) is 1. The van der Waals surface area contributed by atoms with Crippen molar-refractivity contribution in [3.8, 4) is 0 Å². The first-order chi connectivity index (χ1) is 10.2. The van der Waals surface area contributed by atoms with E-state index in [-0.39, 0.29) is 18.4 Å². The van der Waals surface area contributed by atoms with Gasteiger partial charge in [0, 0.05) is 13.0 Å². The number of carbonyl (C=O) groups excluding carboxylic acids is 2. The molecule has 5 nitrogen and oxygen atoms in total. The van der Waals surface area contributed by atoms with Crippen LogP contribution in [0.25, 0.3) is 0 Å². The van der Waals surface area contributed by atoms with Crippen LogP contribution in [-0.2, 0) is 20.9 Å². The number of rotatable bonds is 6. The van der Waals surface area contributed by atoms with Gasteiger partial charge in [-0.05, 0) is 31.0 Å². The highest BCUT2D eigenvalue weighted by Crippen LogP contribution is 2.15. The molecule has 0 aromatic heterocycles. The molecular formula is C16H22N2O3. The van der Waals surface area contributed by atoms with Crippen molar-refractivity contribution in [1.82, 2.24) is 10.2 Å². The molecule has 1 saturated heterocycles. The lowest BCUT2D eigenvalue weighted by molar-refractivity contribution is -0.147. The maximum Gasteiger partial charge on any atom is 0.325 e. The number of ether oxygens (including phenoxy) is 1. The third kappa shape index (κ3) is 4.86. The molecule has 1 heterocycles. The van der Waals surface area contributed by atoms with Crippen LogP contribution in [0, 0.1) is 5.92 Å². The van der Waals surface area contributed by atoms with Gasteiger partial charge in [0.2, 0.25) is 5.91 Å². The fourth-order valence-electron chi connectivity index (χ4n) is 2.52. The Morgan fingerprint density at radius 1 is 1.33 bits per heavy atom. The number of methoxy groups -OCH3 is 1. The molecular weight excluding hydrogens is 268 g/mol. The molecule has 0 saturated carbocycles. The third-order valence-electron chi connectivity index (χ3n) is 3.74. The van der Waals surface area contributed by atoms with Gasteiger partial charge in [0.15, 0.2) is 0 Å². The normalized spacial score (nSPS) is 17.5. The lowest BCUT2D eigenvalue weighted by Crippen LogP contribution is -2.36. The highest BCUT2D eigenvalue weighted by molar-refractivity contribution is 5.82. The molecule has 1 aliphatic rings. The monoisotopic (exact) mass is 290 g/mol. The summed E-state index contributed by atoms with van der Waals surface area (Å²) in [5, 5.41) is 3.26. The Labute approximate surface area is 125 Å². The Morgan fingerprint density at radius 2 is 2.10 bits per heavy atom. The van der Waals surface area contributed by atoms with Crippen molar-refractivity contribution < 1.29 is 14.3 Å². The first kappa shape index (κ1) is 15.5. The van der Waals surface area contributed by atoms with Gasteiger partial charge in [-0.15, -0.1) is 0 Å².